The summed E-state index contributed by atoms with van der Waals surface area (Å²) in [6.45, 7) is 0. The number of nitrogens with zero attached hydrogens (tertiary/aromatic N) is 2. The van der Waals surface area contributed by atoms with Crippen LogP contribution in [0.3, 0.4) is 0 Å². The number of hydrogen-bond donors (Lipinski definition) is 2. The van der Waals surface area contributed by atoms with Crippen LogP contribution in [0.15, 0.2) is 53.4 Å². The minimum Gasteiger partial charge on any atom is -0.276 e. The van der Waals surface area contributed by atoms with E-state index in [4.69, 9.17) is 0 Å². The van der Waals surface area contributed by atoms with Crippen molar-refractivity contribution in [3.63, 3.8) is 0 Å². The number of nitrogens with one attached hydrogen (secondary N) is 2. The standard InChI is InChI=1S/C15H10N4O5S/c20-13-9-5-1-2-6-10(9)14(21)18(13)16-15(22)17-25-12-8-4-3-7-11(12)19(23)24/h1-8H,(H2,16,17,22). The van der Waals surface area contributed by atoms with E-state index in [0.717, 1.165) is 0 Å². The van der Waals surface area contributed by atoms with Crippen molar-refractivity contribution in [2.75, 3.05) is 0 Å². The number of carbonyl (C=O) groups excluding carboxylic acids is 3. The number of hydrogen-bond acceptors (Lipinski definition) is 6. The summed E-state index contributed by atoms with van der Waals surface area (Å²) >= 11 is 0.700. The average Bonchev–Trinajstić information content (AvgIpc) is 2.85. The lowest BCUT2D eigenvalue weighted by atomic mass is 10.1. The Balaban J connectivity index is 1.66. The molecule has 10 heteroatoms. The van der Waals surface area contributed by atoms with Crippen molar-refractivity contribution in [2.45, 2.75) is 4.90 Å². The summed E-state index contributed by atoms with van der Waals surface area (Å²) in [5, 5.41) is 11.5. The molecule has 9 nitrogen and oxygen atoms in total. The van der Waals surface area contributed by atoms with Crippen molar-refractivity contribution < 1.29 is 19.3 Å². The quantitative estimate of drug-likeness (QED) is 0.374. The molecule has 0 atom stereocenters. The highest BCUT2D eigenvalue weighted by molar-refractivity contribution is 7.98. The molecule has 3 rings (SSSR count). The summed E-state index contributed by atoms with van der Waals surface area (Å²) in [5.41, 5.74) is 2.35. The van der Waals surface area contributed by atoms with Crippen LogP contribution in [0.5, 0.6) is 0 Å². The van der Waals surface area contributed by atoms with Crippen LogP contribution in [0.4, 0.5) is 10.5 Å². The number of amides is 4. The molecule has 2 aromatic rings. The molecule has 0 unspecified atom stereocenters. The normalized spacial score (nSPS) is 12.7. The van der Waals surface area contributed by atoms with Crippen molar-refractivity contribution in [3.05, 3.63) is 69.8 Å². The predicted molar refractivity (Wildman–Crippen MR) is 87.6 cm³/mol. The predicted octanol–water partition coefficient (Wildman–Crippen LogP) is 2.11. The SMILES string of the molecule is O=C(NSc1ccccc1[N+](=O)[O-])NN1C(=O)c2ccccc2C1=O. The smallest absolute Gasteiger partial charge is 0.276 e. The first-order valence-electron chi connectivity index (χ1n) is 6.93. The second-order valence-electron chi connectivity index (χ2n) is 4.86. The maximum Gasteiger partial charge on any atom is 0.344 e. The van der Waals surface area contributed by atoms with Crippen LogP contribution < -0.4 is 10.1 Å². The van der Waals surface area contributed by atoms with Gasteiger partial charge < -0.3 is 0 Å². The van der Waals surface area contributed by atoms with Gasteiger partial charge in [0.05, 0.1) is 16.1 Å². The summed E-state index contributed by atoms with van der Waals surface area (Å²) in [6, 6.07) is 11.2. The largest absolute Gasteiger partial charge is 0.344 e. The molecule has 0 saturated heterocycles. The van der Waals surface area contributed by atoms with E-state index in [-0.39, 0.29) is 21.7 Å². The first-order valence-corrected chi connectivity index (χ1v) is 7.75. The van der Waals surface area contributed by atoms with Crippen molar-refractivity contribution >= 4 is 35.5 Å². The van der Waals surface area contributed by atoms with Gasteiger partial charge in [-0.15, -0.1) is 0 Å². The highest BCUT2D eigenvalue weighted by Crippen LogP contribution is 2.26. The average molecular weight is 358 g/mol. The molecule has 1 heterocycles. The van der Waals surface area contributed by atoms with Gasteiger partial charge in [0, 0.05) is 6.07 Å². The molecule has 2 aromatic carbocycles. The van der Waals surface area contributed by atoms with Crippen LogP contribution in [0.1, 0.15) is 20.7 Å². The van der Waals surface area contributed by atoms with Crippen molar-refractivity contribution in [1.29, 1.82) is 0 Å². The number of urea groups is 1. The molecule has 0 aliphatic carbocycles. The number of nitro groups is 1. The van der Waals surface area contributed by atoms with E-state index < -0.39 is 22.8 Å². The van der Waals surface area contributed by atoms with Gasteiger partial charge in [0.2, 0.25) is 0 Å². The summed E-state index contributed by atoms with van der Waals surface area (Å²) in [4.78, 5) is 46.7. The Labute approximate surface area is 145 Å². The fourth-order valence-corrected chi connectivity index (χ4v) is 2.85. The lowest BCUT2D eigenvalue weighted by Crippen LogP contribution is -2.48. The molecule has 25 heavy (non-hydrogen) atoms. The Morgan fingerprint density at radius 1 is 1.00 bits per heavy atom. The third kappa shape index (κ3) is 3.15. The highest BCUT2D eigenvalue weighted by Gasteiger charge is 2.36. The Morgan fingerprint density at radius 3 is 2.16 bits per heavy atom. The molecule has 0 aromatic heterocycles. The van der Waals surface area contributed by atoms with E-state index in [1.54, 1.807) is 18.2 Å². The zero-order valence-corrected chi connectivity index (χ0v) is 13.3. The molecule has 0 saturated carbocycles. The van der Waals surface area contributed by atoms with Crippen LogP contribution in [0.2, 0.25) is 0 Å². The molecule has 2 N–H and O–H groups in total. The van der Waals surface area contributed by atoms with Gasteiger partial charge in [0.1, 0.15) is 4.90 Å². The second-order valence-corrected chi connectivity index (χ2v) is 5.71. The number of para-hydroxylation sites is 1. The maximum absolute atomic E-state index is 12.1. The zero-order chi connectivity index (χ0) is 18.0. The molecule has 4 amide bonds. The van der Waals surface area contributed by atoms with E-state index in [1.165, 1.54) is 30.3 Å². The fraction of sp³-hybridized carbons (Fsp3) is 0. The number of nitro benzene ring substituents is 1. The van der Waals surface area contributed by atoms with Gasteiger partial charge in [-0.05, 0) is 30.1 Å². The molecule has 1 aliphatic heterocycles. The van der Waals surface area contributed by atoms with E-state index in [1.807, 2.05) is 0 Å². The lowest BCUT2D eigenvalue weighted by molar-refractivity contribution is -0.387. The Bertz CT molecular complexity index is 866. The summed E-state index contributed by atoms with van der Waals surface area (Å²) in [5.74, 6) is -1.29. The highest BCUT2D eigenvalue weighted by atomic mass is 32.2. The third-order valence-corrected chi connectivity index (χ3v) is 4.18. The van der Waals surface area contributed by atoms with E-state index in [9.17, 15) is 24.5 Å². The monoisotopic (exact) mass is 358 g/mol. The molecule has 0 bridgehead atoms. The van der Waals surface area contributed by atoms with Gasteiger partial charge in [-0.2, -0.15) is 5.01 Å². The van der Waals surface area contributed by atoms with E-state index in [0.29, 0.717) is 17.0 Å². The minimum absolute atomic E-state index is 0.173. The van der Waals surface area contributed by atoms with Gasteiger partial charge in [-0.25, -0.2) is 10.2 Å². The van der Waals surface area contributed by atoms with Crippen molar-refractivity contribution in [2.24, 2.45) is 0 Å². The first kappa shape index (κ1) is 16.5. The van der Waals surface area contributed by atoms with Gasteiger partial charge in [0.15, 0.2) is 0 Å². The Morgan fingerprint density at radius 2 is 1.56 bits per heavy atom. The van der Waals surface area contributed by atoms with Crippen LogP contribution >= 0.6 is 11.9 Å². The van der Waals surface area contributed by atoms with Gasteiger partial charge >= 0.3 is 6.03 Å². The molecule has 0 fully saturated rings. The molecular weight excluding hydrogens is 348 g/mol. The van der Waals surface area contributed by atoms with E-state index >= 15 is 0 Å². The van der Waals surface area contributed by atoms with Gasteiger partial charge in [-0.3, -0.25) is 24.4 Å². The molecule has 1 aliphatic rings. The Kier molecular flexibility index (Phi) is 4.35. The van der Waals surface area contributed by atoms with Crippen molar-refractivity contribution in [3.8, 4) is 0 Å². The van der Waals surface area contributed by atoms with Crippen LogP contribution in [-0.4, -0.2) is 27.8 Å². The number of benzene rings is 2. The lowest BCUT2D eigenvalue weighted by Gasteiger charge is -2.15. The minimum atomic E-state index is -0.863. The molecule has 126 valence electrons. The first-order chi connectivity index (χ1) is 12.0. The topological polar surface area (TPSA) is 122 Å². The number of fused-ring (bicyclic) bond motifs is 1. The second kappa shape index (κ2) is 6.61. The number of carbonyl (C=O) groups is 3. The Hall–Kier alpha value is -3.40. The number of rotatable bonds is 4. The number of hydrazine groups is 1. The molecule has 0 radical (unpaired) electrons. The zero-order valence-electron chi connectivity index (χ0n) is 12.5. The summed E-state index contributed by atoms with van der Waals surface area (Å²) in [7, 11) is 0. The fourth-order valence-electron chi connectivity index (χ4n) is 2.21. The summed E-state index contributed by atoms with van der Waals surface area (Å²) < 4.78 is 2.31. The maximum atomic E-state index is 12.1. The van der Waals surface area contributed by atoms with Crippen LogP contribution in [-0.2, 0) is 0 Å². The third-order valence-electron chi connectivity index (χ3n) is 3.32. The van der Waals surface area contributed by atoms with Gasteiger partial charge in [-0.1, -0.05) is 24.3 Å². The van der Waals surface area contributed by atoms with Gasteiger partial charge in [0.25, 0.3) is 17.5 Å². The molecular formula is C15H10N4O5S. The molecule has 0 spiro atoms. The van der Waals surface area contributed by atoms with Crippen LogP contribution in [0, 0.1) is 10.1 Å². The summed E-state index contributed by atoms with van der Waals surface area (Å²) in [6.07, 6.45) is 0. The van der Waals surface area contributed by atoms with Crippen LogP contribution in [0.25, 0.3) is 0 Å². The van der Waals surface area contributed by atoms with E-state index in [2.05, 4.69) is 10.1 Å². The van der Waals surface area contributed by atoms with Crippen molar-refractivity contribution in [1.82, 2.24) is 15.2 Å². The number of imide groups is 1.